The van der Waals surface area contributed by atoms with Gasteiger partial charge in [0, 0.05) is 17.6 Å². The molecular weight excluding hydrogens is 506 g/mol. The van der Waals surface area contributed by atoms with Gasteiger partial charge >= 0.3 is 18.3 Å². The Morgan fingerprint density at radius 1 is 1.09 bits per heavy atom. The molecule has 2 unspecified atom stereocenters. The van der Waals surface area contributed by atoms with E-state index in [-0.39, 0.29) is 5.52 Å². The van der Waals surface area contributed by atoms with Crippen LogP contribution < -0.4 is 5.32 Å². The van der Waals surface area contributed by atoms with Crippen LogP contribution in [-0.4, -0.2) is 42.5 Å². The van der Waals surface area contributed by atoms with Crippen LogP contribution in [0.4, 0.5) is 26.3 Å². The molecular formula is C21H18F6N2O5S. The Bertz CT molecular complexity index is 1330. The number of aliphatic hydroxyl groups is 1. The molecule has 2 atom stereocenters. The Hall–Kier alpha value is -3.10. The number of carbonyl (C=O) groups excluding carboxylic acids is 1. The maximum atomic E-state index is 13.1. The van der Waals surface area contributed by atoms with Gasteiger partial charge in [0.1, 0.15) is 0 Å². The van der Waals surface area contributed by atoms with E-state index in [0.29, 0.717) is 17.0 Å². The fraction of sp³-hybridized carbons (Fsp3) is 0.286. The Kier molecular flexibility index (Phi) is 7.20. The highest BCUT2D eigenvalue weighted by Crippen LogP contribution is 2.32. The van der Waals surface area contributed by atoms with E-state index >= 15 is 0 Å². The summed E-state index contributed by atoms with van der Waals surface area (Å²) in [4.78, 5) is 10.2. The molecule has 1 heterocycles. The molecule has 0 aliphatic heterocycles. The second kappa shape index (κ2) is 9.51. The summed E-state index contributed by atoms with van der Waals surface area (Å²) in [6, 6.07) is 8.53. The number of carbonyl (C=O) groups is 1. The van der Waals surface area contributed by atoms with Gasteiger partial charge in [0.05, 0.1) is 22.5 Å². The van der Waals surface area contributed by atoms with Crippen LogP contribution in [0.25, 0.3) is 10.9 Å². The number of hydrogen-bond donors (Lipinski definition) is 2. The smallest absolute Gasteiger partial charge is 0.428 e. The van der Waals surface area contributed by atoms with Crippen LogP contribution in [0.15, 0.2) is 59.6 Å². The van der Waals surface area contributed by atoms with E-state index in [0.717, 1.165) is 28.4 Å². The van der Waals surface area contributed by atoms with Crippen molar-refractivity contribution in [1.82, 2.24) is 9.29 Å². The highest BCUT2D eigenvalue weighted by atomic mass is 32.2. The first kappa shape index (κ1) is 26.5. The first-order valence-corrected chi connectivity index (χ1v) is 11.3. The normalized spacial score (nSPS) is 14.6. The number of aliphatic hydroxyl groups excluding tert-OH is 1. The molecule has 0 fully saturated rings. The van der Waals surface area contributed by atoms with E-state index in [2.05, 4.69) is 10.1 Å². The van der Waals surface area contributed by atoms with Crippen molar-refractivity contribution >= 4 is 26.9 Å². The number of hydrogen-bond acceptors (Lipinski definition) is 6. The minimum atomic E-state index is -5.27. The van der Waals surface area contributed by atoms with E-state index in [1.54, 1.807) is 13.0 Å². The van der Waals surface area contributed by atoms with Crippen LogP contribution in [0.3, 0.4) is 0 Å². The van der Waals surface area contributed by atoms with Crippen LogP contribution in [0.1, 0.15) is 24.1 Å². The quantitative estimate of drug-likeness (QED) is 0.276. The summed E-state index contributed by atoms with van der Waals surface area (Å²) < 4.78 is 107. The van der Waals surface area contributed by atoms with Crippen molar-refractivity contribution in [3.63, 3.8) is 0 Å². The average Bonchev–Trinajstić information content (AvgIpc) is 3.21. The maximum Gasteiger partial charge on any atom is 0.491 e. The molecule has 14 heteroatoms. The Morgan fingerprint density at radius 3 is 2.37 bits per heavy atom. The van der Waals surface area contributed by atoms with Crippen LogP contribution in [0.2, 0.25) is 0 Å². The lowest BCUT2D eigenvalue weighted by Gasteiger charge is -2.19. The van der Waals surface area contributed by atoms with Gasteiger partial charge in [-0.05, 0) is 42.8 Å². The number of nitrogens with one attached hydrogen (secondary N) is 1. The van der Waals surface area contributed by atoms with Crippen molar-refractivity contribution in [3.05, 3.63) is 65.9 Å². The van der Waals surface area contributed by atoms with Crippen molar-refractivity contribution in [3.8, 4) is 0 Å². The van der Waals surface area contributed by atoms with Crippen molar-refractivity contribution in [2.75, 3.05) is 6.54 Å². The molecule has 3 rings (SSSR count). The number of fused-ring (bicyclic) bond motifs is 1. The molecule has 0 aliphatic carbocycles. The molecule has 2 aromatic carbocycles. The van der Waals surface area contributed by atoms with Crippen LogP contribution in [0.5, 0.6) is 0 Å². The van der Waals surface area contributed by atoms with Gasteiger partial charge in [-0.3, -0.25) is 0 Å². The van der Waals surface area contributed by atoms with Gasteiger partial charge < -0.3 is 15.2 Å². The number of esters is 1. The number of ether oxygens (including phenoxy) is 1. The first-order chi connectivity index (χ1) is 16.1. The minimum Gasteiger partial charge on any atom is -0.428 e. The lowest BCUT2D eigenvalue weighted by Crippen LogP contribution is -2.36. The van der Waals surface area contributed by atoms with Gasteiger partial charge in [-0.25, -0.2) is 17.2 Å². The third-order valence-electron chi connectivity index (χ3n) is 4.99. The molecule has 0 aliphatic rings. The third kappa shape index (κ3) is 5.77. The monoisotopic (exact) mass is 524 g/mol. The topological polar surface area (TPSA) is 97.6 Å². The fourth-order valence-corrected chi connectivity index (χ4v) is 4.71. The zero-order valence-electron chi connectivity index (χ0n) is 17.8. The minimum absolute atomic E-state index is 0.137. The number of benzene rings is 2. The molecule has 0 bridgehead atoms. The lowest BCUT2D eigenvalue weighted by molar-refractivity contribution is -0.218. The molecule has 190 valence electrons. The Balaban J connectivity index is 1.86. The fourth-order valence-electron chi connectivity index (χ4n) is 3.32. The highest BCUT2D eigenvalue weighted by molar-refractivity contribution is 7.90. The molecule has 0 radical (unpaired) electrons. The number of halogens is 6. The predicted octanol–water partition coefficient (Wildman–Crippen LogP) is 3.97. The van der Waals surface area contributed by atoms with Crippen LogP contribution in [-0.2, 0) is 25.7 Å². The van der Waals surface area contributed by atoms with Crippen molar-refractivity contribution in [2.45, 2.75) is 36.5 Å². The SMILES string of the molecule is CC(NCC(O)OC(=O)C(F)(F)F)c1cccc2c1ccn2S(=O)(=O)c1cccc(C(F)(F)F)c1. The third-order valence-corrected chi connectivity index (χ3v) is 6.67. The second-order valence-corrected chi connectivity index (χ2v) is 9.22. The molecule has 0 saturated heterocycles. The molecule has 7 nitrogen and oxygen atoms in total. The molecule has 2 N–H and O–H groups in total. The van der Waals surface area contributed by atoms with Crippen molar-refractivity contribution < 1.29 is 49.4 Å². The first-order valence-electron chi connectivity index (χ1n) is 9.84. The van der Waals surface area contributed by atoms with Gasteiger partial charge in [-0.1, -0.05) is 18.2 Å². The number of rotatable bonds is 7. The average molecular weight is 524 g/mol. The van der Waals surface area contributed by atoms with E-state index in [1.807, 2.05) is 0 Å². The zero-order valence-corrected chi connectivity index (χ0v) is 18.6. The highest BCUT2D eigenvalue weighted by Gasteiger charge is 2.42. The van der Waals surface area contributed by atoms with Crippen molar-refractivity contribution in [2.24, 2.45) is 0 Å². The Labute approximate surface area is 195 Å². The van der Waals surface area contributed by atoms with Gasteiger partial charge in [-0.2, -0.15) is 26.3 Å². The van der Waals surface area contributed by atoms with E-state index in [1.165, 1.54) is 18.2 Å². The summed E-state index contributed by atoms with van der Waals surface area (Å²) >= 11 is 0. The Morgan fingerprint density at radius 2 is 1.74 bits per heavy atom. The second-order valence-electron chi connectivity index (χ2n) is 7.41. The van der Waals surface area contributed by atoms with E-state index in [9.17, 15) is 44.7 Å². The zero-order chi connectivity index (χ0) is 26.2. The number of aromatic nitrogens is 1. The van der Waals surface area contributed by atoms with Gasteiger partial charge in [-0.15, -0.1) is 0 Å². The summed E-state index contributed by atoms with van der Waals surface area (Å²) in [6.07, 6.45) is -10.9. The summed E-state index contributed by atoms with van der Waals surface area (Å²) in [5.74, 6) is -2.56. The summed E-state index contributed by atoms with van der Waals surface area (Å²) in [5, 5.41) is 12.6. The standard InChI is InChI=1S/C21H18F6N2O5S/c1-12(28-11-18(30)34-19(31)21(25,26)27)15-6-3-7-17-16(15)8-9-29(17)35(32,33)14-5-2-4-13(10-14)20(22,23)24/h2-10,12,18,28,30H,11H2,1H3. The number of alkyl halides is 6. The lowest BCUT2D eigenvalue weighted by atomic mass is 10.0. The summed E-state index contributed by atoms with van der Waals surface area (Å²) in [7, 11) is -4.41. The van der Waals surface area contributed by atoms with Gasteiger partial charge in [0.25, 0.3) is 10.0 Å². The van der Waals surface area contributed by atoms with E-state index < -0.39 is 57.7 Å². The summed E-state index contributed by atoms with van der Waals surface area (Å²) in [5.41, 5.74) is -0.522. The van der Waals surface area contributed by atoms with Gasteiger partial charge in [0.2, 0.25) is 6.29 Å². The molecule has 0 saturated carbocycles. The van der Waals surface area contributed by atoms with E-state index in [4.69, 9.17) is 0 Å². The molecule has 35 heavy (non-hydrogen) atoms. The molecule has 0 amide bonds. The molecule has 3 aromatic rings. The maximum absolute atomic E-state index is 13.1. The molecule has 1 aromatic heterocycles. The largest absolute Gasteiger partial charge is 0.491 e. The van der Waals surface area contributed by atoms with Crippen LogP contribution in [0, 0.1) is 0 Å². The number of nitrogens with zero attached hydrogens (tertiary/aromatic N) is 1. The molecule has 0 spiro atoms. The predicted molar refractivity (Wildman–Crippen MR) is 111 cm³/mol. The van der Waals surface area contributed by atoms with Crippen molar-refractivity contribution in [1.29, 1.82) is 0 Å². The van der Waals surface area contributed by atoms with Gasteiger partial charge in [0.15, 0.2) is 0 Å². The van der Waals surface area contributed by atoms with Crippen LogP contribution >= 0.6 is 0 Å². The summed E-state index contributed by atoms with van der Waals surface area (Å²) in [6.45, 7) is 0.994.